The molecule has 1 aliphatic heterocycles. The quantitative estimate of drug-likeness (QED) is 0.532. The summed E-state index contributed by atoms with van der Waals surface area (Å²) in [4.78, 5) is 36.9. The van der Waals surface area contributed by atoms with Crippen LogP contribution >= 0.6 is 0 Å². The average molecular weight is 503 g/mol. The van der Waals surface area contributed by atoms with Crippen molar-refractivity contribution in [3.05, 3.63) is 77.4 Å². The summed E-state index contributed by atoms with van der Waals surface area (Å²) in [7, 11) is 1.91. The minimum absolute atomic E-state index is 0.0192. The van der Waals surface area contributed by atoms with Gasteiger partial charge in [0, 0.05) is 77.7 Å². The van der Waals surface area contributed by atoms with Crippen LogP contribution in [0.15, 0.2) is 54.9 Å². The fraction of sp³-hybridized carbons (Fsp3) is 0.448. The Kier molecular flexibility index (Phi) is 9.06. The number of hydrogen-bond donors (Lipinski definition) is 0. The van der Waals surface area contributed by atoms with Crippen molar-refractivity contribution in [3.8, 4) is 0 Å². The number of benzene rings is 1. The van der Waals surface area contributed by atoms with Gasteiger partial charge in [-0.25, -0.2) is 0 Å². The Hall–Kier alpha value is -3.52. The van der Waals surface area contributed by atoms with Crippen molar-refractivity contribution in [2.24, 2.45) is 7.05 Å². The first-order valence-electron chi connectivity index (χ1n) is 13.2. The van der Waals surface area contributed by atoms with E-state index in [-0.39, 0.29) is 11.8 Å². The zero-order valence-electron chi connectivity index (χ0n) is 22.3. The SMILES string of the molecule is CC(=O)N1CCCN(Cc2ccccn2)CCCN(C(=O)CCc2cn(C)nc2C)Cc2ccccc21. The Morgan fingerprint density at radius 2 is 1.73 bits per heavy atom. The van der Waals surface area contributed by atoms with Gasteiger partial charge in [-0.15, -0.1) is 0 Å². The van der Waals surface area contributed by atoms with Gasteiger partial charge < -0.3 is 9.80 Å². The van der Waals surface area contributed by atoms with Crippen molar-refractivity contribution >= 4 is 17.5 Å². The molecule has 3 aromatic rings. The van der Waals surface area contributed by atoms with E-state index < -0.39 is 0 Å². The number of aryl methyl sites for hydroxylation is 3. The van der Waals surface area contributed by atoms with E-state index in [1.54, 1.807) is 11.6 Å². The number of pyridine rings is 1. The van der Waals surface area contributed by atoms with E-state index in [9.17, 15) is 9.59 Å². The highest BCUT2D eigenvalue weighted by atomic mass is 16.2. The Labute approximate surface area is 219 Å². The summed E-state index contributed by atoms with van der Waals surface area (Å²) >= 11 is 0. The summed E-state index contributed by atoms with van der Waals surface area (Å²) in [6, 6.07) is 14.0. The summed E-state index contributed by atoms with van der Waals surface area (Å²) in [5.41, 5.74) is 5.01. The number of para-hydroxylation sites is 1. The normalized spacial score (nSPS) is 15.5. The minimum atomic E-state index is 0.0192. The maximum absolute atomic E-state index is 13.5. The third-order valence-corrected chi connectivity index (χ3v) is 6.97. The maximum atomic E-state index is 13.5. The lowest BCUT2D eigenvalue weighted by molar-refractivity contribution is -0.131. The molecule has 0 saturated carbocycles. The zero-order chi connectivity index (χ0) is 26.2. The van der Waals surface area contributed by atoms with Crippen LogP contribution in [0.5, 0.6) is 0 Å². The van der Waals surface area contributed by atoms with Crippen molar-refractivity contribution in [1.29, 1.82) is 0 Å². The number of nitrogens with zero attached hydrogens (tertiary/aromatic N) is 6. The Balaban J connectivity index is 1.55. The lowest BCUT2D eigenvalue weighted by atomic mass is 10.1. The Morgan fingerprint density at radius 1 is 0.973 bits per heavy atom. The van der Waals surface area contributed by atoms with Gasteiger partial charge in [0.2, 0.25) is 11.8 Å². The fourth-order valence-corrected chi connectivity index (χ4v) is 5.08. The first kappa shape index (κ1) is 26.5. The molecule has 2 aromatic heterocycles. The number of anilines is 1. The van der Waals surface area contributed by atoms with E-state index in [1.165, 1.54) is 0 Å². The highest BCUT2D eigenvalue weighted by Gasteiger charge is 2.22. The lowest BCUT2D eigenvalue weighted by Crippen LogP contribution is -2.38. The van der Waals surface area contributed by atoms with Crippen molar-refractivity contribution in [3.63, 3.8) is 0 Å². The van der Waals surface area contributed by atoms with Crippen LogP contribution in [-0.2, 0) is 36.1 Å². The van der Waals surface area contributed by atoms with Gasteiger partial charge in [-0.3, -0.25) is 24.2 Å². The van der Waals surface area contributed by atoms with E-state index in [1.807, 2.05) is 78.6 Å². The molecule has 0 bridgehead atoms. The third-order valence-electron chi connectivity index (χ3n) is 6.97. The van der Waals surface area contributed by atoms with Crippen LogP contribution in [0, 0.1) is 6.92 Å². The highest BCUT2D eigenvalue weighted by Crippen LogP contribution is 2.24. The maximum Gasteiger partial charge on any atom is 0.223 e. The van der Waals surface area contributed by atoms with Crippen molar-refractivity contribution < 1.29 is 9.59 Å². The average Bonchev–Trinajstić information content (AvgIpc) is 3.21. The smallest absolute Gasteiger partial charge is 0.223 e. The summed E-state index contributed by atoms with van der Waals surface area (Å²) in [5.74, 6) is 0.145. The lowest BCUT2D eigenvalue weighted by Gasteiger charge is -2.31. The third kappa shape index (κ3) is 7.26. The molecule has 8 heteroatoms. The fourth-order valence-electron chi connectivity index (χ4n) is 5.08. The molecule has 0 radical (unpaired) electrons. The molecule has 0 spiro atoms. The summed E-state index contributed by atoms with van der Waals surface area (Å²) in [6.45, 7) is 7.88. The molecule has 0 aliphatic carbocycles. The molecule has 0 unspecified atom stereocenters. The molecule has 3 heterocycles. The molecule has 0 fully saturated rings. The van der Waals surface area contributed by atoms with Crippen LogP contribution in [0.3, 0.4) is 0 Å². The number of carbonyl (C=O) groups excluding carboxylic acids is 2. The number of rotatable bonds is 5. The van der Waals surface area contributed by atoms with Crippen LogP contribution in [0.2, 0.25) is 0 Å². The molecule has 1 aromatic carbocycles. The van der Waals surface area contributed by atoms with Crippen molar-refractivity contribution in [2.75, 3.05) is 31.1 Å². The van der Waals surface area contributed by atoms with E-state index in [0.29, 0.717) is 32.5 Å². The zero-order valence-corrected chi connectivity index (χ0v) is 22.3. The van der Waals surface area contributed by atoms with Gasteiger partial charge in [-0.2, -0.15) is 5.10 Å². The summed E-state index contributed by atoms with van der Waals surface area (Å²) in [6.07, 6.45) is 6.67. The van der Waals surface area contributed by atoms with Gasteiger partial charge in [-0.1, -0.05) is 24.3 Å². The van der Waals surface area contributed by atoms with Crippen LogP contribution in [0.1, 0.15) is 48.7 Å². The first-order valence-corrected chi connectivity index (χ1v) is 13.2. The predicted octanol–water partition coefficient (Wildman–Crippen LogP) is 3.73. The second kappa shape index (κ2) is 12.6. The van der Waals surface area contributed by atoms with Gasteiger partial charge in [0.05, 0.1) is 11.4 Å². The molecule has 0 N–H and O–H groups in total. The molecule has 8 nitrogen and oxygen atoms in total. The summed E-state index contributed by atoms with van der Waals surface area (Å²) < 4.78 is 1.80. The number of carbonyl (C=O) groups is 2. The van der Waals surface area contributed by atoms with Crippen molar-refractivity contribution in [1.82, 2.24) is 24.6 Å². The number of hydrogen-bond acceptors (Lipinski definition) is 5. The van der Waals surface area contributed by atoms with Gasteiger partial charge in [-0.05, 0) is 55.5 Å². The topological polar surface area (TPSA) is 74.6 Å². The van der Waals surface area contributed by atoms with Gasteiger partial charge in [0.25, 0.3) is 0 Å². The molecule has 0 atom stereocenters. The molecule has 2 amide bonds. The van der Waals surface area contributed by atoms with Gasteiger partial charge in [0.15, 0.2) is 0 Å². The first-order chi connectivity index (χ1) is 17.9. The number of aromatic nitrogens is 3. The molecule has 0 saturated heterocycles. The molecular weight excluding hydrogens is 464 g/mol. The summed E-state index contributed by atoms with van der Waals surface area (Å²) in [5, 5.41) is 4.41. The molecule has 196 valence electrons. The van der Waals surface area contributed by atoms with Gasteiger partial charge in [0.1, 0.15) is 0 Å². The second-order valence-corrected chi connectivity index (χ2v) is 9.83. The minimum Gasteiger partial charge on any atom is -0.338 e. The van der Waals surface area contributed by atoms with Crippen LogP contribution < -0.4 is 4.90 Å². The Morgan fingerprint density at radius 3 is 2.43 bits per heavy atom. The number of amides is 2. The van der Waals surface area contributed by atoms with Crippen LogP contribution in [-0.4, -0.2) is 62.6 Å². The second-order valence-electron chi connectivity index (χ2n) is 9.83. The largest absolute Gasteiger partial charge is 0.338 e. The van der Waals surface area contributed by atoms with E-state index in [2.05, 4.69) is 15.0 Å². The number of fused-ring (bicyclic) bond motifs is 1. The van der Waals surface area contributed by atoms with Gasteiger partial charge >= 0.3 is 0 Å². The van der Waals surface area contributed by atoms with Crippen LogP contribution in [0.4, 0.5) is 5.69 Å². The standard InChI is InChI=1S/C29H38N6O2/c1-23-25(20-32(3)31-23)13-14-29(37)34-18-8-16-33(22-27-11-6-7-15-30-27)17-9-19-35(24(2)36)28-12-5-4-10-26(28)21-34/h4-7,10-12,15,20H,8-9,13-14,16-19,21-22H2,1-3H3. The van der Waals surface area contributed by atoms with E-state index in [4.69, 9.17) is 0 Å². The van der Waals surface area contributed by atoms with Crippen molar-refractivity contribution in [2.45, 2.75) is 52.6 Å². The van der Waals surface area contributed by atoms with Crippen LogP contribution in [0.25, 0.3) is 0 Å². The molecule has 4 rings (SSSR count). The van der Waals surface area contributed by atoms with E-state index in [0.717, 1.165) is 60.7 Å². The van der Waals surface area contributed by atoms with E-state index >= 15 is 0 Å². The Bertz CT molecular complexity index is 1190. The highest BCUT2D eigenvalue weighted by molar-refractivity contribution is 5.92. The molecular formula is C29H38N6O2. The predicted molar refractivity (Wildman–Crippen MR) is 145 cm³/mol. The monoisotopic (exact) mass is 502 g/mol. The molecule has 37 heavy (non-hydrogen) atoms. The molecule has 1 aliphatic rings.